The molecule has 0 saturated carbocycles. The van der Waals surface area contributed by atoms with E-state index in [1.807, 2.05) is 36.4 Å². The van der Waals surface area contributed by atoms with E-state index >= 15 is 0 Å². The number of rotatable bonds is 3. The van der Waals surface area contributed by atoms with E-state index in [2.05, 4.69) is 10.3 Å². The van der Waals surface area contributed by atoms with Gasteiger partial charge in [0.1, 0.15) is 0 Å². The van der Waals surface area contributed by atoms with Crippen molar-refractivity contribution in [2.75, 3.05) is 11.9 Å². The first-order valence-electron chi connectivity index (χ1n) is 8.26. The predicted molar refractivity (Wildman–Crippen MR) is 94.7 cm³/mol. The Bertz CT molecular complexity index is 710. The van der Waals surface area contributed by atoms with Crippen LogP contribution >= 0.6 is 0 Å². The Morgan fingerprint density at radius 1 is 1.25 bits per heavy atom. The van der Waals surface area contributed by atoms with Crippen molar-refractivity contribution in [3.05, 3.63) is 48.8 Å². The van der Waals surface area contributed by atoms with Gasteiger partial charge in [-0.15, -0.1) is 0 Å². The molecule has 24 heavy (non-hydrogen) atoms. The summed E-state index contributed by atoms with van der Waals surface area (Å²) >= 11 is 0. The highest BCUT2D eigenvalue weighted by Crippen LogP contribution is 2.30. The molecule has 1 aromatic carbocycles. The molecule has 1 aliphatic heterocycles. The molecule has 5 nitrogen and oxygen atoms in total. The predicted octanol–water partition coefficient (Wildman–Crippen LogP) is 3.52. The molecule has 2 N–H and O–H groups in total. The van der Waals surface area contributed by atoms with E-state index in [-0.39, 0.29) is 12.1 Å². The number of benzene rings is 1. The number of carbonyl (C=O) groups excluding carboxylic acids is 1. The first-order chi connectivity index (χ1) is 11.5. The lowest BCUT2D eigenvalue weighted by Gasteiger charge is -2.33. The van der Waals surface area contributed by atoms with Gasteiger partial charge >= 0.3 is 6.03 Å². The van der Waals surface area contributed by atoms with Gasteiger partial charge in [-0.2, -0.15) is 0 Å². The Kier molecular flexibility index (Phi) is 4.53. The smallest absolute Gasteiger partial charge is 0.322 e. The van der Waals surface area contributed by atoms with Crippen LogP contribution in [0.15, 0.2) is 48.8 Å². The number of aromatic nitrogens is 1. The van der Waals surface area contributed by atoms with Gasteiger partial charge in [0.2, 0.25) is 0 Å². The van der Waals surface area contributed by atoms with Crippen LogP contribution in [-0.4, -0.2) is 39.2 Å². The average Bonchev–Trinajstić information content (AvgIpc) is 3.06. The van der Waals surface area contributed by atoms with E-state index < -0.39 is 5.60 Å². The zero-order chi connectivity index (χ0) is 17.2. The highest BCUT2D eigenvalue weighted by atomic mass is 16.3. The Hall–Kier alpha value is -2.40. The maximum atomic E-state index is 12.7. The Morgan fingerprint density at radius 3 is 2.67 bits per heavy atom. The van der Waals surface area contributed by atoms with Gasteiger partial charge in [-0.05, 0) is 50.5 Å². The summed E-state index contributed by atoms with van der Waals surface area (Å²) in [5, 5.41) is 13.3. The number of urea groups is 1. The summed E-state index contributed by atoms with van der Waals surface area (Å²) in [6.07, 6.45) is 5.20. The summed E-state index contributed by atoms with van der Waals surface area (Å²) in [6, 6.07) is 11.2. The number of hydrogen-bond donors (Lipinski definition) is 2. The van der Waals surface area contributed by atoms with Crippen molar-refractivity contribution in [2.24, 2.45) is 0 Å². The Balaban J connectivity index is 1.83. The third-order valence-electron chi connectivity index (χ3n) is 4.49. The number of nitrogens with one attached hydrogen (secondary N) is 1. The second-order valence-electron chi connectivity index (χ2n) is 6.72. The molecular weight excluding hydrogens is 302 g/mol. The second kappa shape index (κ2) is 6.61. The lowest BCUT2D eigenvalue weighted by atomic mass is 9.97. The standard InChI is InChI=1S/C19H23N3O2/c1-19(2,24)17-8-5-13-22(17)18(23)21-16-7-4-3-6-15(16)14-9-11-20-12-10-14/h3-4,6-7,9-12,17,24H,5,8,13H2,1-2H3,(H,21,23)/t17-/m1/s1. The van der Waals surface area contributed by atoms with Crippen LogP contribution in [0, 0.1) is 0 Å². The molecule has 1 fully saturated rings. The fourth-order valence-corrected chi connectivity index (χ4v) is 3.31. The minimum atomic E-state index is -0.904. The summed E-state index contributed by atoms with van der Waals surface area (Å²) in [6.45, 7) is 4.18. The molecule has 1 atom stereocenters. The van der Waals surface area contributed by atoms with Gasteiger partial charge in [-0.25, -0.2) is 4.79 Å². The van der Waals surface area contributed by atoms with Crippen molar-refractivity contribution in [1.82, 2.24) is 9.88 Å². The van der Waals surface area contributed by atoms with Crippen molar-refractivity contribution < 1.29 is 9.90 Å². The van der Waals surface area contributed by atoms with Crippen molar-refractivity contribution in [3.63, 3.8) is 0 Å². The number of anilines is 1. The highest BCUT2D eigenvalue weighted by molar-refractivity contribution is 5.94. The van der Waals surface area contributed by atoms with Gasteiger partial charge in [0.15, 0.2) is 0 Å². The van der Waals surface area contributed by atoms with E-state index in [4.69, 9.17) is 0 Å². The molecule has 1 aromatic heterocycles. The monoisotopic (exact) mass is 325 g/mol. The van der Waals surface area contributed by atoms with Crippen molar-refractivity contribution in [2.45, 2.75) is 38.3 Å². The van der Waals surface area contributed by atoms with Crippen LogP contribution in [0.5, 0.6) is 0 Å². The van der Waals surface area contributed by atoms with Gasteiger partial charge in [-0.3, -0.25) is 4.98 Å². The van der Waals surface area contributed by atoms with Crippen LogP contribution in [0.25, 0.3) is 11.1 Å². The van der Waals surface area contributed by atoms with Crippen molar-refractivity contribution >= 4 is 11.7 Å². The normalized spacial score (nSPS) is 17.8. The zero-order valence-corrected chi connectivity index (χ0v) is 14.1. The number of aliphatic hydroxyl groups is 1. The minimum Gasteiger partial charge on any atom is -0.388 e. The number of amides is 2. The number of hydrogen-bond acceptors (Lipinski definition) is 3. The average molecular weight is 325 g/mol. The first-order valence-corrected chi connectivity index (χ1v) is 8.26. The summed E-state index contributed by atoms with van der Waals surface area (Å²) in [7, 11) is 0. The molecule has 0 radical (unpaired) electrons. The Morgan fingerprint density at radius 2 is 1.96 bits per heavy atom. The molecule has 2 amide bonds. The Labute approximate surface area is 142 Å². The molecule has 1 saturated heterocycles. The van der Waals surface area contributed by atoms with Crippen LogP contribution < -0.4 is 5.32 Å². The maximum absolute atomic E-state index is 12.7. The van der Waals surface area contributed by atoms with Crippen molar-refractivity contribution in [3.8, 4) is 11.1 Å². The van der Waals surface area contributed by atoms with Crippen LogP contribution in [-0.2, 0) is 0 Å². The molecule has 0 bridgehead atoms. The molecule has 0 aliphatic carbocycles. The third kappa shape index (κ3) is 3.41. The SMILES string of the molecule is CC(C)(O)[C@H]1CCCN1C(=O)Nc1ccccc1-c1ccncc1. The molecule has 0 unspecified atom stereocenters. The molecule has 2 heterocycles. The van der Waals surface area contributed by atoms with E-state index in [1.54, 1.807) is 31.1 Å². The topological polar surface area (TPSA) is 65.5 Å². The number of pyridine rings is 1. The molecule has 2 aromatic rings. The molecule has 5 heteroatoms. The minimum absolute atomic E-state index is 0.161. The van der Waals surface area contributed by atoms with Crippen LogP contribution in [0.4, 0.5) is 10.5 Å². The molecule has 1 aliphatic rings. The zero-order valence-electron chi connectivity index (χ0n) is 14.1. The number of likely N-dealkylation sites (tertiary alicyclic amines) is 1. The van der Waals surface area contributed by atoms with Gasteiger partial charge in [0.25, 0.3) is 0 Å². The number of para-hydroxylation sites is 1. The summed E-state index contributed by atoms with van der Waals surface area (Å²) in [4.78, 5) is 18.5. The quantitative estimate of drug-likeness (QED) is 0.907. The van der Waals surface area contributed by atoms with E-state index in [1.165, 1.54) is 0 Å². The highest BCUT2D eigenvalue weighted by Gasteiger charge is 2.38. The molecule has 3 rings (SSSR count). The molecule has 126 valence electrons. The van der Waals surface area contributed by atoms with Crippen LogP contribution in [0.1, 0.15) is 26.7 Å². The van der Waals surface area contributed by atoms with Crippen LogP contribution in [0.3, 0.4) is 0 Å². The number of nitrogens with zero attached hydrogens (tertiary/aromatic N) is 2. The van der Waals surface area contributed by atoms with Gasteiger partial charge in [-0.1, -0.05) is 18.2 Å². The summed E-state index contributed by atoms with van der Waals surface area (Å²) in [5.74, 6) is 0. The second-order valence-corrected chi connectivity index (χ2v) is 6.72. The fraction of sp³-hybridized carbons (Fsp3) is 0.368. The van der Waals surface area contributed by atoms with Gasteiger partial charge in [0.05, 0.1) is 17.3 Å². The largest absolute Gasteiger partial charge is 0.388 e. The molecular formula is C19H23N3O2. The van der Waals surface area contributed by atoms with E-state index in [0.717, 1.165) is 29.7 Å². The van der Waals surface area contributed by atoms with E-state index in [0.29, 0.717) is 6.54 Å². The third-order valence-corrected chi connectivity index (χ3v) is 4.49. The van der Waals surface area contributed by atoms with Gasteiger partial charge in [0, 0.05) is 24.5 Å². The first kappa shape index (κ1) is 16.5. The number of carbonyl (C=O) groups is 1. The lowest BCUT2D eigenvalue weighted by molar-refractivity contribution is 0.0117. The maximum Gasteiger partial charge on any atom is 0.322 e. The van der Waals surface area contributed by atoms with Gasteiger partial charge < -0.3 is 15.3 Å². The fourth-order valence-electron chi connectivity index (χ4n) is 3.31. The van der Waals surface area contributed by atoms with Crippen molar-refractivity contribution in [1.29, 1.82) is 0 Å². The summed E-state index contributed by atoms with van der Waals surface area (Å²) < 4.78 is 0. The summed E-state index contributed by atoms with van der Waals surface area (Å²) in [5.41, 5.74) is 1.81. The van der Waals surface area contributed by atoms with E-state index in [9.17, 15) is 9.90 Å². The van der Waals surface area contributed by atoms with Crippen LogP contribution in [0.2, 0.25) is 0 Å². The lowest BCUT2D eigenvalue weighted by Crippen LogP contribution is -2.49. The molecule has 0 spiro atoms.